The number of nitrogens with two attached hydrogens (primary N) is 1. The minimum Gasteiger partial charge on any atom is -0.338 e. The van der Waals surface area contributed by atoms with E-state index in [-0.39, 0.29) is 6.04 Å². The van der Waals surface area contributed by atoms with Crippen LogP contribution in [0.1, 0.15) is 33.6 Å². The molecular weight excluding hydrogens is 214 g/mol. The Morgan fingerprint density at radius 1 is 1.29 bits per heavy atom. The highest BCUT2D eigenvalue weighted by atomic mass is 16.2. The second-order valence-corrected chi connectivity index (χ2v) is 5.05. The number of likely N-dealkylation sites (N-methyl/N-ethyl adjacent to an activating group) is 1. The maximum absolute atomic E-state index is 12.0. The Bertz CT molecular complexity index is 223. The molecule has 4 nitrogen and oxygen atoms in total. The summed E-state index contributed by atoms with van der Waals surface area (Å²) >= 11 is 0. The van der Waals surface area contributed by atoms with Crippen LogP contribution in [0.4, 0.5) is 0 Å². The highest BCUT2D eigenvalue weighted by Gasteiger charge is 2.25. The number of hydrogen-bond donors (Lipinski definition) is 2. The van der Waals surface area contributed by atoms with E-state index in [1.165, 1.54) is 25.9 Å². The summed E-state index contributed by atoms with van der Waals surface area (Å²) in [5, 5.41) is 2.20. The maximum atomic E-state index is 12.0. The molecule has 1 saturated heterocycles. The Morgan fingerprint density at radius 3 is 2.41 bits per heavy atom. The van der Waals surface area contributed by atoms with Gasteiger partial charge in [0.25, 0.3) is 5.91 Å². The fourth-order valence-corrected chi connectivity index (χ4v) is 2.47. The molecule has 1 heterocycles. The van der Waals surface area contributed by atoms with Crippen molar-refractivity contribution in [3.63, 3.8) is 0 Å². The minimum atomic E-state index is 0.100. The largest absolute Gasteiger partial charge is 0.338 e. The molecule has 100 valence electrons. The first-order chi connectivity index (χ1) is 8.19. The molecule has 0 aromatic heterocycles. The average molecular weight is 243 g/mol. The van der Waals surface area contributed by atoms with Crippen LogP contribution in [0.2, 0.25) is 0 Å². The van der Waals surface area contributed by atoms with Crippen LogP contribution in [0.3, 0.4) is 0 Å². The summed E-state index contributed by atoms with van der Waals surface area (Å²) in [6, 6.07) is 0.100. The van der Waals surface area contributed by atoms with Crippen LogP contribution in [-0.2, 0) is 4.79 Å². The first kappa shape index (κ1) is 14.5. The van der Waals surface area contributed by atoms with Crippen LogP contribution in [0, 0.1) is 0 Å². The normalized spacial score (nSPS) is 17.8. The summed E-state index contributed by atoms with van der Waals surface area (Å²) in [5.74, 6) is 0.331. The van der Waals surface area contributed by atoms with Gasteiger partial charge in [-0.05, 0) is 33.6 Å². The van der Waals surface area contributed by atoms with Crippen molar-refractivity contribution in [2.75, 3.05) is 39.3 Å². The Hall–Kier alpha value is -0.610. The van der Waals surface area contributed by atoms with E-state index in [0.29, 0.717) is 5.91 Å². The lowest BCUT2D eigenvalue weighted by atomic mass is 10.3. The summed E-state index contributed by atoms with van der Waals surface area (Å²) < 4.78 is 0. The van der Waals surface area contributed by atoms with Crippen LogP contribution in [0.5, 0.6) is 0 Å². The van der Waals surface area contributed by atoms with Gasteiger partial charge in [-0.1, -0.05) is 0 Å². The minimum absolute atomic E-state index is 0.100. The van der Waals surface area contributed by atoms with Crippen molar-refractivity contribution in [2.45, 2.75) is 39.7 Å². The predicted molar refractivity (Wildman–Crippen MR) is 69.0 cm³/mol. The van der Waals surface area contributed by atoms with Gasteiger partial charge in [0.15, 0.2) is 6.04 Å². The zero-order chi connectivity index (χ0) is 12.7. The number of carbonyl (C=O) groups excluding carboxylic acids is 1. The molecule has 17 heavy (non-hydrogen) atoms. The van der Waals surface area contributed by atoms with Gasteiger partial charge in [-0.25, -0.2) is 0 Å². The van der Waals surface area contributed by atoms with Gasteiger partial charge in [-0.3, -0.25) is 4.79 Å². The molecule has 0 aromatic rings. The number of quaternary nitrogens is 2. The van der Waals surface area contributed by atoms with E-state index in [1.54, 1.807) is 4.90 Å². The molecule has 0 spiro atoms. The smallest absolute Gasteiger partial charge is 0.280 e. The summed E-state index contributed by atoms with van der Waals surface area (Å²) in [7, 11) is 0. The van der Waals surface area contributed by atoms with E-state index in [2.05, 4.69) is 19.2 Å². The zero-order valence-electron chi connectivity index (χ0n) is 11.7. The van der Waals surface area contributed by atoms with E-state index in [0.717, 1.165) is 26.2 Å². The van der Waals surface area contributed by atoms with Crippen molar-refractivity contribution in [3.8, 4) is 0 Å². The molecule has 1 fully saturated rings. The summed E-state index contributed by atoms with van der Waals surface area (Å²) in [4.78, 5) is 15.7. The lowest BCUT2D eigenvalue weighted by Gasteiger charge is -2.20. The third kappa shape index (κ3) is 4.64. The van der Waals surface area contributed by atoms with Crippen molar-refractivity contribution in [1.29, 1.82) is 0 Å². The molecule has 4 heteroatoms. The van der Waals surface area contributed by atoms with Gasteiger partial charge in [0.1, 0.15) is 13.1 Å². The highest BCUT2D eigenvalue weighted by Crippen LogP contribution is 2.07. The van der Waals surface area contributed by atoms with E-state index in [4.69, 9.17) is 0 Å². The van der Waals surface area contributed by atoms with Gasteiger partial charge in [0.2, 0.25) is 0 Å². The standard InChI is InChI=1S/C13H27N3O/c1-4-15(5-2)11-8-14-12(3)13(17)16-9-6-7-10-16/h12,14H,4-11H2,1-3H3/p+2/t12-/m0/s1. The quantitative estimate of drug-likeness (QED) is 0.561. The molecule has 0 unspecified atom stereocenters. The highest BCUT2D eigenvalue weighted by molar-refractivity contribution is 5.80. The number of nitrogens with one attached hydrogen (secondary N) is 1. The first-order valence-electron chi connectivity index (χ1n) is 7.14. The topological polar surface area (TPSA) is 41.4 Å². The second-order valence-electron chi connectivity index (χ2n) is 5.05. The molecule has 0 bridgehead atoms. The van der Waals surface area contributed by atoms with Crippen LogP contribution in [-0.4, -0.2) is 56.1 Å². The van der Waals surface area contributed by atoms with Crippen molar-refractivity contribution < 1.29 is 15.0 Å². The monoisotopic (exact) mass is 243 g/mol. The SMILES string of the molecule is CC[NH+](CC)CC[NH2+][C@@H](C)C(=O)N1CCCC1. The van der Waals surface area contributed by atoms with Gasteiger partial charge in [-0.2, -0.15) is 0 Å². The van der Waals surface area contributed by atoms with Gasteiger partial charge in [0, 0.05) is 13.1 Å². The van der Waals surface area contributed by atoms with E-state index in [9.17, 15) is 4.79 Å². The van der Waals surface area contributed by atoms with Crippen LogP contribution in [0.25, 0.3) is 0 Å². The van der Waals surface area contributed by atoms with Gasteiger partial charge < -0.3 is 15.1 Å². The molecule has 0 saturated carbocycles. The average Bonchev–Trinajstić information content (AvgIpc) is 2.87. The third-order valence-corrected chi connectivity index (χ3v) is 3.83. The fourth-order valence-electron chi connectivity index (χ4n) is 2.47. The van der Waals surface area contributed by atoms with E-state index >= 15 is 0 Å². The molecule has 3 N–H and O–H groups in total. The second kappa shape index (κ2) is 7.67. The number of rotatable bonds is 7. The van der Waals surface area contributed by atoms with Crippen LogP contribution < -0.4 is 10.2 Å². The molecule has 1 aliphatic rings. The Balaban J connectivity index is 2.19. The van der Waals surface area contributed by atoms with Crippen LogP contribution >= 0.6 is 0 Å². The molecule has 0 aliphatic carbocycles. The molecule has 0 radical (unpaired) electrons. The van der Waals surface area contributed by atoms with Gasteiger partial charge >= 0.3 is 0 Å². The molecule has 1 amide bonds. The molecule has 1 atom stereocenters. The lowest BCUT2D eigenvalue weighted by Crippen LogP contribution is -3.14. The van der Waals surface area contributed by atoms with Crippen molar-refractivity contribution >= 4 is 5.91 Å². The van der Waals surface area contributed by atoms with E-state index in [1.807, 2.05) is 11.8 Å². The van der Waals surface area contributed by atoms with Crippen molar-refractivity contribution in [1.82, 2.24) is 4.90 Å². The van der Waals surface area contributed by atoms with Crippen LogP contribution in [0.15, 0.2) is 0 Å². The molecular formula is C13H29N3O+2. The third-order valence-electron chi connectivity index (χ3n) is 3.83. The number of nitrogens with zero attached hydrogens (tertiary/aromatic N) is 1. The first-order valence-corrected chi connectivity index (χ1v) is 7.14. The Kier molecular flexibility index (Phi) is 6.52. The predicted octanol–water partition coefficient (Wildman–Crippen LogP) is -1.51. The van der Waals surface area contributed by atoms with Crippen molar-refractivity contribution in [3.05, 3.63) is 0 Å². The fraction of sp³-hybridized carbons (Fsp3) is 0.923. The van der Waals surface area contributed by atoms with E-state index < -0.39 is 0 Å². The summed E-state index contributed by atoms with van der Waals surface area (Å²) in [6.45, 7) is 13.0. The number of amides is 1. The Morgan fingerprint density at radius 2 is 1.88 bits per heavy atom. The zero-order valence-corrected chi connectivity index (χ0v) is 11.7. The number of hydrogen-bond acceptors (Lipinski definition) is 1. The number of likely N-dealkylation sites (tertiary alicyclic amines) is 1. The molecule has 1 rings (SSSR count). The molecule has 1 aliphatic heterocycles. The summed E-state index contributed by atoms with van der Waals surface area (Å²) in [5.41, 5.74) is 0. The number of carbonyl (C=O) groups is 1. The molecule has 0 aromatic carbocycles. The van der Waals surface area contributed by atoms with Crippen molar-refractivity contribution in [2.24, 2.45) is 0 Å². The Labute approximate surface area is 105 Å². The maximum Gasteiger partial charge on any atom is 0.280 e. The summed E-state index contributed by atoms with van der Waals surface area (Å²) in [6.07, 6.45) is 2.37. The van der Waals surface area contributed by atoms with Gasteiger partial charge in [0.05, 0.1) is 13.1 Å². The lowest BCUT2D eigenvalue weighted by molar-refractivity contribution is -0.910. The van der Waals surface area contributed by atoms with Gasteiger partial charge in [-0.15, -0.1) is 0 Å².